The standard InChI is InChI=1S/C21H19N3O6/c1-12-4-5-15(9-18(12)24(27)28)14(3)22-23-20(25)11-29-16-6-7-17-13(2)8-21(26)30-19(17)10-16/h4-10H,11H2,1-3H3,(H,23,25)/b22-14-. The van der Waals surface area contributed by atoms with Crippen LogP contribution >= 0.6 is 0 Å². The molecule has 1 N–H and O–H groups in total. The second kappa shape index (κ2) is 8.56. The van der Waals surface area contributed by atoms with E-state index < -0.39 is 16.5 Å². The van der Waals surface area contributed by atoms with E-state index in [4.69, 9.17) is 9.15 Å². The molecule has 0 fully saturated rings. The number of nitrogens with zero attached hydrogens (tertiary/aromatic N) is 2. The molecule has 9 heteroatoms. The monoisotopic (exact) mass is 409 g/mol. The number of hydrogen-bond acceptors (Lipinski definition) is 7. The van der Waals surface area contributed by atoms with Gasteiger partial charge in [0.15, 0.2) is 6.61 Å². The van der Waals surface area contributed by atoms with Gasteiger partial charge in [0, 0.05) is 34.7 Å². The minimum absolute atomic E-state index is 0.0186. The lowest BCUT2D eigenvalue weighted by Gasteiger charge is -2.07. The van der Waals surface area contributed by atoms with Crippen LogP contribution < -0.4 is 15.8 Å². The van der Waals surface area contributed by atoms with E-state index in [-0.39, 0.29) is 12.3 Å². The molecular formula is C21H19N3O6. The molecule has 0 radical (unpaired) electrons. The van der Waals surface area contributed by atoms with Crippen molar-refractivity contribution < 1.29 is 18.9 Å². The number of nitrogens with one attached hydrogen (secondary N) is 1. The number of carbonyl (C=O) groups excluding carboxylic acids is 1. The molecule has 0 unspecified atom stereocenters. The molecule has 0 spiro atoms. The van der Waals surface area contributed by atoms with Crippen molar-refractivity contribution in [1.82, 2.24) is 5.43 Å². The van der Waals surface area contributed by atoms with Crippen LogP contribution in [0.1, 0.15) is 23.6 Å². The lowest BCUT2D eigenvalue weighted by atomic mass is 10.1. The highest BCUT2D eigenvalue weighted by atomic mass is 16.6. The van der Waals surface area contributed by atoms with E-state index in [2.05, 4.69) is 10.5 Å². The molecule has 0 bridgehead atoms. The van der Waals surface area contributed by atoms with Crippen molar-refractivity contribution >= 4 is 28.3 Å². The Morgan fingerprint density at radius 3 is 2.67 bits per heavy atom. The number of hydrazone groups is 1. The van der Waals surface area contributed by atoms with Gasteiger partial charge in [-0.1, -0.05) is 12.1 Å². The third-order valence-electron chi connectivity index (χ3n) is 4.46. The zero-order chi connectivity index (χ0) is 21.8. The third-order valence-corrected chi connectivity index (χ3v) is 4.46. The Kier molecular flexibility index (Phi) is 5.91. The predicted octanol–water partition coefficient (Wildman–Crippen LogP) is 3.24. The van der Waals surface area contributed by atoms with Gasteiger partial charge in [-0.2, -0.15) is 5.10 Å². The van der Waals surface area contributed by atoms with Crippen LogP contribution in [0.5, 0.6) is 5.75 Å². The minimum atomic E-state index is -0.512. The molecule has 1 aromatic heterocycles. The first-order chi connectivity index (χ1) is 14.2. The van der Waals surface area contributed by atoms with Gasteiger partial charge in [-0.05, 0) is 38.5 Å². The zero-order valence-electron chi connectivity index (χ0n) is 16.6. The highest BCUT2D eigenvalue weighted by Crippen LogP contribution is 2.22. The topological polar surface area (TPSA) is 124 Å². The largest absolute Gasteiger partial charge is 0.484 e. The number of hydrogen-bond donors (Lipinski definition) is 1. The van der Waals surface area contributed by atoms with Gasteiger partial charge in [-0.25, -0.2) is 10.2 Å². The number of benzene rings is 2. The summed E-state index contributed by atoms with van der Waals surface area (Å²) in [7, 11) is 0. The maximum atomic E-state index is 12.0. The molecule has 0 aliphatic carbocycles. The summed E-state index contributed by atoms with van der Waals surface area (Å²) in [5.74, 6) is -0.150. The van der Waals surface area contributed by atoms with Gasteiger partial charge in [-0.15, -0.1) is 0 Å². The molecule has 0 atom stereocenters. The number of ether oxygens (including phenoxy) is 1. The van der Waals surface area contributed by atoms with E-state index in [1.807, 2.05) is 0 Å². The Balaban J connectivity index is 1.64. The quantitative estimate of drug-likeness (QED) is 0.288. The number of amides is 1. The maximum absolute atomic E-state index is 12.0. The summed E-state index contributed by atoms with van der Waals surface area (Å²) >= 11 is 0. The lowest BCUT2D eigenvalue weighted by molar-refractivity contribution is -0.385. The Labute approximate surface area is 171 Å². The second-order valence-corrected chi connectivity index (χ2v) is 6.69. The molecule has 1 heterocycles. The smallest absolute Gasteiger partial charge is 0.336 e. The molecule has 3 rings (SSSR count). The zero-order valence-corrected chi connectivity index (χ0v) is 16.6. The first kappa shape index (κ1) is 20.7. The van der Waals surface area contributed by atoms with Crippen molar-refractivity contribution in [3.8, 4) is 5.75 Å². The summed E-state index contributed by atoms with van der Waals surface area (Å²) < 4.78 is 10.6. The fraction of sp³-hybridized carbons (Fsp3) is 0.190. The van der Waals surface area contributed by atoms with Gasteiger partial charge in [0.2, 0.25) is 0 Å². The van der Waals surface area contributed by atoms with Gasteiger partial charge in [0.1, 0.15) is 11.3 Å². The van der Waals surface area contributed by atoms with E-state index in [0.717, 1.165) is 10.9 Å². The van der Waals surface area contributed by atoms with Crippen LogP contribution in [0.25, 0.3) is 11.0 Å². The summed E-state index contributed by atoms with van der Waals surface area (Å²) in [5, 5.41) is 15.8. The Bertz CT molecular complexity index is 1230. The first-order valence-electron chi connectivity index (χ1n) is 9.00. The molecule has 0 aliphatic rings. The summed E-state index contributed by atoms with van der Waals surface area (Å²) in [6.07, 6.45) is 0. The highest BCUT2D eigenvalue weighted by Gasteiger charge is 2.12. The Morgan fingerprint density at radius 1 is 1.17 bits per heavy atom. The van der Waals surface area contributed by atoms with Gasteiger partial charge in [0.05, 0.1) is 10.6 Å². The number of fused-ring (bicyclic) bond motifs is 1. The van der Waals surface area contributed by atoms with Crippen molar-refractivity contribution in [3.63, 3.8) is 0 Å². The van der Waals surface area contributed by atoms with Gasteiger partial charge >= 0.3 is 5.63 Å². The molecular weight excluding hydrogens is 390 g/mol. The van der Waals surface area contributed by atoms with E-state index in [0.29, 0.717) is 28.2 Å². The van der Waals surface area contributed by atoms with Crippen molar-refractivity contribution in [2.24, 2.45) is 5.10 Å². The molecule has 0 aliphatic heterocycles. The van der Waals surface area contributed by atoms with E-state index in [1.54, 1.807) is 45.0 Å². The van der Waals surface area contributed by atoms with Crippen LogP contribution in [0.2, 0.25) is 0 Å². The Morgan fingerprint density at radius 2 is 1.93 bits per heavy atom. The molecule has 0 saturated heterocycles. The highest BCUT2D eigenvalue weighted by molar-refractivity contribution is 5.99. The van der Waals surface area contributed by atoms with Crippen LogP contribution in [0.15, 0.2) is 56.8 Å². The van der Waals surface area contributed by atoms with Crippen molar-refractivity contribution in [1.29, 1.82) is 0 Å². The van der Waals surface area contributed by atoms with E-state index in [1.165, 1.54) is 18.2 Å². The molecule has 2 aromatic carbocycles. The molecule has 1 amide bonds. The Hall–Kier alpha value is -4.01. The second-order valence-electron chi connectivity index (χ2n) is 6.69. The molecule has 9 nitrogen and oxygen atoms in total. The number of nitro groups is 1. The van der Waals surface area contributed by atoms with E-state index >= 15 is 0 Å². The van der Waals surface area contributed by atoms with Crippen LogP contribution in [0.3, 0.4) is 0 Å². The molecule has 0 saturated carbocycles. The average Bonchev–Trinajstić information content (AvgIpc) is 2.70. The average molecular weight is 409 g/mol. The number of carbonyl (C=O) groups is 1. The normalized spacial score (nSPS) is 11.4. The maximum Gasteiger partial charge on any atom is 0.336 e. The van der Waals surface area contributed by atoms with Crippen LogP contribution in [0.4, 0.5) is 5.69 Å². The molecule has 3 aromatic rings. The van der Waals surface area contributed by atoms with Gasteiger partial charge in [0.25, 0.3) is 11.6 Å². The van der Waals surface area contributed by atoms with Crippen LogP contribution in [-0.2, 0) is 4.79 Å². The van der Waals surface area contributed by atoms with Crippen molar-refractivity contribution in [2.45, 2.75) is 20.8 Å². The van der Waals surface area contributed by atoms with Crippen LogP contribution in [-0.4, -0.2) is 23.1 Å². The van der Waals surface area contributed by atoms with Crippen LogP contribution in [0, 0.1) is 24.0 Å². The van der Waals surface area contributed by atoms with Gasteiger partial charge in [-0.3, -0.25) is 14.9 Å². The fourth-order valence-corrected chi connectivity index (χ4v) is 2.82. The van der Waals surface area contributed by atoms with Crippen molar-refractivity contribution in [2.75, 3.05) is 6.61 Å². The number of nitro benzene ring substituents is 1. The summed E-state index contributed by atoms with van der Waals surface area (Å²) in [4.78, 5) is 34.1. The summed E-state index contributed by atoms with van der Waals surface area (Å²) in [6, 6.07) is 11.1. The summed E-state index contributed by atoms with van der Waals surface area (Å²) in [5.41, 5.74) is 4.49. The predicted molar refractivity (Wildman–Crippen MR) is 111 cm³/mol. The van der Waals surface area contributed by atoms with Gasteiger partial charge < -0.3 is 9.15 Å². The number of aryl methyl sites for hydroxylation is 2. The lowest BCUT2D eigenvalue weighted by Crippen LogP contribution is -2.25. The fourth-order valence-electron chi connectivity index (χ4n) is 2.82. The molecule has 154 valence electrons. The first-order valence-corrected chi connectivity index (χ1v) is 9.00. The summed E-state index contributed by atoms with van der Waals surface area (Å²) in [6.45, 7) is 4.76. The molecule has 30 heavy (non-hydrogen) atoms. The SMILES string of the molecule is C/C(=N/NC(=O)COc1ccc2c(C)cc(=O)oc2c1)c1ccc(C)c([N+](=O)[O-])c1. The third kappa shape index (κ3) is 4.69. The van der Waals surface area contributed by atoms with Crippen molar-refractivity contribution in [3.05, 3.63) is 79.7 Å². The van der Waals surface area contributed by atoms with E-state index in [9.17, 15) is 19.7 Å². The number of rotatable bonds is 6. The minimum Gasteiger partial charge on any atom is -0.484 e.